The number of nitrogens with zero attached hydrogens (tertiary/aromatic N) is 1. The van der Waals surface area contributed by atoms with Gasteiger partial charge in [-0.05, 0) is 17.7 Å². The summed E-state index contributed by atoms with van der Waals surface area (Å²) in [7, 11) is 0. The van der Waals surface area contributed by atoms with Crippen molar-refractivity contribution in [1.29, 1.82) is 0 Å². The van der Waals surface area contributed by atoms with Crippen LogP contribution in [-0.4, -0.2) is 5.96 Å². The van der Waals surface area contributed by atoms with Gasteiger partial charge in [0.1, 0.15) is 6.67 Å². The fourth-order valence-electron chi connectivity index (χ4n) is 0.858. The van der Waals surface area contributed by atoms with Crippen LogP contribution in [0.4, 0.5) is 10.1 Å². The maximum Gasteiger partial charge on any atom is 0.191 e. The first-order valence-corrected chi connectivity index (χ1v) is 3.47. The standard InChI is InChI=1S/C8H10FN3/c9-5-6-2-1-3-7(4-6)12-8(10)11/h1-4H,5H2,(H4,10,11,12). The molecule has 0 amide bonds. The third-order valence-electron chi connectivity index (χ3n) is 1.32. The molecule has 0 radical (unpaired) electrons. The Hall–Kier alpha value is -1.58. The Labute approximate surface area is 69.9 Å². The molecule has 0 saturated carbocycles. The minimum absolute atomic E-state index is 0.0222. The molecule has 0 bridgehead atoms. The van der Waals surface area contributed by atoms with Gasteiger partial charge in [0.15, 0.2) is 5.96 Å². The molecule has 1 rings (SSSR count). The Morgan fingerprint density at radius 2 is 2.17 bits per heavy atom. The maximum absolute atomic E-state index is 12.1. The zero-order valence-electron chi connectivity index (χ0n) is 6.50. The van der Waals surface area contributed by atoms with E-state index in [0.29, 0.717) is 11.3 Å². The lowest BCUT2D eigenvalue weighted by molar-refractivity contribution is 0.485. The van der Waals surface area contributed by atoms with Crippen molar-refractivity contribution in [2.75, 3.05) is 0 Å². The number of benzene rings is 1. The summed E-state index contributed by atoms with van der Waals surface area (Å²) in [5.74, 6) is -0.0222. The number of hydrogen-bond donors (Lipinski definition) is 2. The van der Waals surface area contributed by atoms with Gasteiger partial charge in [0.05, 0.1) is 5.69 Å². The first-order chi connectivity index (χ1) is 5.72. The van der Waals surface area contributed by atoms with Crippen LogP contribution in [0.1, 0.15) is 5.56 Å². The third-order valence-corrected chi connectivity index (χ3v) is 1.32. The van der Waals surface area contributed by atoms with Crippen LogP contribution in [-0.2, 0) is 6.67 Å². The van der Waals surface area contributed by atoms with E-state index in [1.807, 2.05) is 0 Å². The van der Waals surface area contributed by atoms with Gasteiger partial charge in [-0.2, -0.15) is 0 Å². The van der Waals surface area contributed by atoms with Crippen molar-refractivity contribution in [2.45, 2.75) is 6.67 Å². The number of halogens is 1. The number of alkyl halides is 1. The fourth-order valence-corrected chi connectivity index (χ4v) is 0.858. The highest BCUT2D eigenvalue weighted by atomic mass is 19.1. The molecule has 0 saturated heterocycles. The lowest BCUT2D eigenvalue weighted by Crippen LogP contribution is -2.21. The molecule has 0 unspecified atom stereocenters. The largest absolute Gasteiger partial charge is 0.370 e. The number of hydrogen-bond acceptors (Lipinski definition) is 1. The zero-order chi connectivity index (χ0) is 8.97. The van der Waals surface area contributed by atoms with Gasteiger partial charge in [0.25, 0.3) is 0 Å². The molecule has 64 valence electrons. The summed E-state index contributed by atoms with van der Waals surface area (Å²) in [6, 6.07) is 6.68. The second-order valence-electron chi connectivity index (χ2n) is 2.34. The summed E-state index contributed by atoms with van der Waals surface area (Å²) in [5, 5.41) is 0. The molecule has 1 aromatic carbocycles. The zero-order valence-corrected chi connectivity index (χ0v) is 6.50. The monoisotopic (exact) mass is 167 g/mol. The second-order valence-corrected chi connectivity index (χ2v) is 2.34. The van der Waals surface area contributed by atoms with E-state index in [2.05, 4.69) is 4.99 Å². The molecule has 1 aromatic rings. The van der Waals surface area contributed by atoms with E-state index >= 15 is 0 Å². The number of nitrogens with two attached hydrogens (primary N) is 2. The van der Waals surface area contributed by atoms with Crippen molar-refractivity contribution in [3.05, 3.63) is 29.8 Å². The van der Waals surface area contributed by atoms with Crippen LogP contribution in [0.15, 0.2) is 29.3 Å². The SMILES string of the molecule is NC(N)=Nc1cccc(CF)c1. The summed E-state index contributed by atoms with van der Waals surface area (Å²) >= 11 is 0. The molecule has 12 heavy (non-hydrogen) atoms. The topological polar surface area (TPSA) is 64.4 Å². The summed E-state index contributed by atoms with van der Waals surface area (Å²) in [5.41, 5.74) is 11.4. The van der Waals surface area contributed by atoms with Crippen LogP contribution in [0.5, 0.6) is 0 Å². The summed E-state index contributed by atoms with van der Waals surface area (Å²) in [4.78, 5) is 3.77. The molecule has 0 atom stereocenters. The fraction of sp³-hybridized carbons (Fsp3) is 0.125. The quantitative estimate of drug-likeness (QED) is 0.511. The minimum atomic E-state index is -0.506. The minimum Gasteiger partial charge on any atom is -0.370 e. The van der Waals surface area contributed by atoms with Gasteiger partial charge in [-0.1, -0.05) is 12.1 Å². The van der Waals surface area contributed by atoms with Gasteiger partial charge in [-0.3, -0.25) is 0 Å². The highest BCUT2D eigenvalue weighted by molar-refractivity contribution is 5.79. The van der Waals surface area contributed by atoms with Gasteiger partial charge in [-0.15, -0.1) is 0 Å². The predicted molar refractivity (Wildman–Crippen MR) is 46.7 cm³/mol. The van der Waals surface area contributed by atoms with Crippen molar-refractivity contribution in [3.63, 3.8) is 0 Å². The van der Waals surface area contributed by atoms with Crippen molar-refractivity contribution in [2.24, 2.45) is 16.5 Å². The van der Waals surface area contributed by atoms with Gasteiger partial charge < -0.3 is 11.5 Å². The first-order valence-electron chi connectivity index (χ1n) is 3.47. The summed E-state index contributed by atoms with van der Waals surface area (Å²) in [6.45, 7) is -0.506. The molecular formula is C8H10FN3. The Morgan fingerprint density at radius 3 is 2.75 bits per heavy atom. The summed E-state index contributed by atoms with van der Waals surface area (Å²) in [6.07, 6.45) is 0. The van der Waals surface area contributed by atoms with E-state index in [1.54, 1.807) is 24.3 Å². The van der Waals surface area contributed by atoms with E-state index in [-0.39, 0.29) is 5.96 Å². The molecule has 0 spiro atoms. The highest BCUT2D eigenvalue weighted by Crippen LogP contribution is 2.14. The van der Waals surface area contributed by atoms with Crippen molar-refractivity contribution in [1.82, 2.24) is 0 Å². The van der Waals surface area contributed by atoms with Crippen molar-refractivity contribution in [3.8, 4) is 0 Å². The smallest absolute Gasteiger partial charge is 0.191 e. The molecule has 0 aliphatic heterocycles. The third kappa shape index (κ3) is 2.23. The molecule has 4 heteroatoms. The van der Waals surface area contributed by atoms with E-state index < -0.39 is 6.67 Å². The maximum atomic E-state index is 12.1. The van der Waals surface area contributed by atoms with Gasteiger partial charge in [0.2, 0.25) is 0 Å². The van der Waals surface area contributed by atoms with Gasteiger partial charge in [-0.25, -0.2) is 9.38 Å². The van der Waals surface area contributed by atoms with Crippen LogP contribution >= 0.6 is 0 Å². The van der Waals surface area contributed by atoms with E-state index in [9.17, 15) is 4.39 Å². The Kier molecular flexibility index (Phi) is 2.63. The molecule has 4 N–H and O–H groups in total. The molecule has 0 aliphatic carbocycles. The van der Waals surface area contributed by atoms with Crippen molar-refractivity contribution < 1.29 is 4.39 Å². The molecule has 0 heterocycles. The average Bonchev–Trinajstić information content (AvgIpc) is 2.03. The Bertz CT molecular complexity index is 292. The van der Waals surface area contributed by atoms with Gasteiger partial charge >= 0.3 is 0 Å². The van der Waals surface area contributed by atoms with Crippen LogP contribution < -0.4 is 11.5 Å². The van der Waals surface area contributed by atoms with Crippen LogP contribution in [0, 0.1) is 0 Å². The Morgan fingerprint density at radius 1 is 1.42 bits per heavy atom. The molecular weight excluding hydrogens is 157 g/mol. The molecule has 0 aliphatic rings. The normalized spacial score (nSPS) is 9.42. The second kappa shape index (κ2) is 3.71. The van der Waals surface area contributed by atoms with E-state index in [4.69, 9.17) is 11.5 Å². The van der Waals surface area contributed by atoms with E-state index in [1.165, 1.54) is 0 Å². The van der Waals surface area contributed by atoms with Gasteiger partial charge in [0, 0.05) is 0 Å². The van der Waals surface area contributed by atoms with Crippen LogP contribution in [0.3, 0.4) is 0 Å². The highest BCUT2D eigenvalue weighted by Gasteiger charge is 1.93. The number of aliphatic imine (C=N–C) groups is 1. The summed E-state index contributed by atoms with van der Waals surface area (Å²) < 4.78 is 12.1. The molecule has 3 nitrogen and oxygen atoms in total. The first kappa shape index (κ1) is 8.52. The van der Waals surface area contributed by atoms with E-state index in [0.717, 1.165) is 0 Å². The van der Waals surface area contributed by atoms with Crippen LogP contribution in [0.25, 0.3) is 0 Å². The molecule has 0 fully saturated rings. The number of rotatable bonds is 2. The number of guanidine groups is 1. The lowest BCUT2D eigenvalue weighted by atomic mass is 10.2. The predicted octanol–water partition coefficient (Wildman–Crippen LogP) is 1.06. The van der Waals surface area contributed by atoms with Crippen molar-refractivity contribution >= 4 is 11.6 Å². The van der Waals surface area contributed by atoms with Crippen LogP contribution in [0.2, 0.25) is 0 Å². The lowest BCUT2D eigenvalue weighted by Gasteiger charge is -1.96. The average molecular weight is 167 g/mol. The Balaban J connectivity index is 2.94. The molecule has 0 aromatic heterocycles.